The highest BCUT2D eigenvalue weighted by atomic mass is 32.2. The molecule has 0 unspecified atom stereocenters. The summed E-state index contributed by atoms with van der Waals surface area (Å²) in [7, 11) is -3.26. The molecular formula is C17H23N3O4S. The van der Waals surface area contributed by atoms with Gasteiger partial charge in [-0.05, 0) is 30.7 Å². The molecule has 1 saturated heterocycles. The largest absolute Gasteiger partial charge is 0.348 e. The summed E-state index contributed by atoms with van der Waals surface area (Å²) in [5, 5.41) is 2.67. The summed E-state index contributed by atoms with van der Waals surface area (Å²) < 4.78 is 24.8. The number of sulfonamides is 1. The number of piperazine rings is 1. The molecule has 1 aliphatic rings. The molecule has 1 aromatic rings. The Kier molecular flexibility index (Phi) is 5.97. The normalized spacial score (nSPS) is 18.6. The van der Waals surface area contributed by atoms with E-state index in [1.165, 1.54) is 16.6 Å². The number of hydrogen-bond acceptors (Lipinski definition) is 4. The minimum atomic E-state index is -3.26. The summed E-state index contributed by atoms with van der Waals surface area (Å²) in [4.78, 5) is 25.4. The molecule has 25 heavy (non-hydrogen) atoms. The fourth-order valence-electron chi connectivity index (χ4n) is 2.83. The van der Waals surface area contributed by atoms with Crippen molar-refractivity contribution in [3.05, 3.63) is 48.0 Å². The zero-order valence-corrected chi connectivity index (χ0v) is 15.3. The van der Waals surface area contributed by atoms with Gasteiger partial charge >= 0.3 is 0 Å². The van der Waals surface area contributed by atoms with Gasteiger partial charge in [-0.15, -0.1) is 0 Å². The summed E-state index contributed by atoms with van der Waals surface area (Å²) in [6.45, 7) is 6.58. The van der Waals surface area contributed by atoms with Crippen LogP contribution in [0.15, 0.2) is 36.9 Å². The first-order chi connectivity index (χ1) is 11.7. The van der Waals surface area contributed by atoms with E-state index in [1.807, 2.05) is 0 Å². The lowest BCUT2D eigenvalue weighted by Crippen LogP contribution is -2.55. The highest BCUT2D eigenvalue weighted by Crippen LogP contribution is 2.16. The number of benzene rings is 1. The molecule has 0 aromatic heterocycles. The van der Waals surface area contributed by atoms with E-state index in [-0.39, 0.29) is 17.9 Å². The number of carbonyl (C=O) groups excluding carboxylic acids is 2. The van der Waals surface area contributed by atoms with Crippen molar-refractivity contribution >= 4 is 21.8 Å². The maximum Gasteiger partial charge on any atom is 0.253 e. The van der Waals surface area contributed by atoms with Crippen molar-refractivity contribution in [3.63, 3.8) is 0 Å². The van der Waals surface area contributed by atoms with Crippen LogP contribution in [0.1, 0.15) is 22.8 Å². The van der Waals surface area contributed by atoms with Gasteiger partial charge in [0, 0.05) is 37.8 Å². The van der Waals surface area contributed by atoms with Crippen LogP contribution in [-0.4, -0.2) is 61.4 Å². The smallest absolute Gasteiger partial charge is 0.253 e. The summed E-state index contributed by atoms with van der Waals surface area (Å²) in [5.74, 6) is -0.375. The quantitative estimate of drug-likeness (QED) is 0.774. The molecule has 8 heteroatoms. The Morgan fingerprint density at radius 1 is 1.28 bits per heavy atom. The highest BCUT2D eigenvalue weighted by molar-refractivity contribution is 7.88. The van der Waals surface area contributed by atoms with Crippen molar-refractivity contribution in [2.45, 2.75) is 19.5 Å². The fraction of sp³-hybridized carbons (Fsp3) is 0.412. The van der Waals surface area contributed by atoms with Gasteiger partial charge in [0.05, 0.1) is 6.26 Å². The van der Waals surface area contributed by atoms with Gasteiger partial charge in [-0.2, -0.15) is 4.31 Å². The molecule has 0 radical (unpaired) electrons. The average Bonchev–Trinajstić information content (AvgIpc) is 2.58. The first-order valence-corrected chi connectivity index (χ1v) is 9.82. The van der Waals surface area contributed by atoms with Crippen molar-refractivity contribution in [3.8, 4) is 0 Å². The summed E-state index contributed by atoms with van der Waals surface area (Å²) >= 11 is 0. The van der Waals surface area contributed by atoms with E-state index in [2.05, 4.69) is 11.9 Å². The maximum absolute atomic E-state index is 12.6. The molecule has 2 amide bonds. The van der Waals surface area contributed by atoms with Crippen LogP contribution in [0.4, 0.5) is 0 Å². The molecule has 0 bridgehead atoms. The number of amides is 2. The Balaban J connectivity index is 1.99. The average molecular weight is 365 g/mol. The molecule has 1 atom stereocenters. The standard InChI is InChI=1S/C17H23N3O4S/c1-4-16(21)18-11-14-5-7-15(8-6-14)17(22)19-9-10-20(13(2)12-19)25(3,23)24/h4-8,13H,1,9-12H2,2-3H3,(H,18,21)/t13-/m0/s1. The minimum absolute atomic E-state index is 0.123. The van der Waals surface area contributed by atoms with Crippen molar-refractivity contribution in [2.75, 3.05) is 25.9 Å². The van der Waals surface area contributed by atoms with Gasteiger partial charge in [0.2, 0.25) is 15.9 Å². The first kappa shape index (κ1) is 19.1. The summed E-state index contributed by atoms with van der Waals surface area (Å²) in [6, 6.07) is 6.75. The van der Waals surface area contributed by atoms with E-state index in [1.54, 1.807) is 36.1 Å². The molecule has 1 heterocycles. The van der Waals surface area contributed by atoms with E-state index in [0.717, 1.165) is 5.56 Å². The monoisotopic (exact) mass is 365 g/mol. The Labute approximate surface area is 148 Å². The van der Waals surface area contributed by atoms with E-state index in [9.17, 15) is 18.0 Å². The number of carbonyl (C=O) groups is 2. The molecule has 0 spiro atoms. The van der Waals surface area contributed by atoms with E-state index in [4.69, 9.17) is 0 Å². The van der Waals surface area contributed by atoms with Crippen molar-refractivity contribution in [1.29, 1.82) is 0 Å². The van der Waals surface area contributed by atoms with Gasteiger partial charge in [0.15, 0.2) is 0 Å². The van der Waals surface area contributed by atoms with Crippen LogP contribution in [0.25, 0.3) is 0 Å². The molecule has 1 aromatic carbocycles. The van der Waals surface area contributed by atoms with Crippen LogP contribution in [0.5, 0.6) is 0 Å². The van der Waals surface area contributed by atoms with Gasteiger partial charge < -0.3 is 10.2 Å². The predicted octanol–water partition coefficient (Wildman–Crippen LogP) is 0.595. The third-order valence-electron chi connectivity index (χ3n) is 4.13. The van der Waals surface area contributed by atoms with Crippen LogP contribution in [-0.2, 0) is 21.4 Å². The van der Waals surface area contributed by atoms with E-state index < -0.39 is 10.0 Å². The molecule has 7 nitrogen and oxygen atoms in total. The molecule has 0 aliphatic carbocycles. The maximum atomic E-state index is 12.6. The summed E-state index contributed by atoms with van der Waals surface area (Å²) in [6.07, 6.45) is 2.39. The zero-order valence-electron chi connectivity index (χ0n) is 14.4. The van der Waals surface area contributed by atoms with Crippen molar-refractivity contribution in [1.82, 2.24) is 14.5 Å². The number of nitrogens with zero attached hydrogens (tertiary/aromatic N) is 2. The van der Waals surface area contributed by atoms with Crippen LogP contribution >= 0.6 is 0 Å². The summed E-state index contributed by atoms with van der Waals surface area (Å²) in [5.41, 5.74) is 1.42. The number of rotatable bonds is 5. The Morgan fingerprint density at radius 3 is 2.44 bits per heavy atom. The minimum Gasteiger partial charge on any atom is -0.348 e. The van der Waals surface area contributed by atoms with Gasteiger partial charge in [-0.1, -0.05) is 18.7 Å². The Bertz CT molecular complexity index is 759. The third-order valence-corrected chi connectivity index (χ3v) is 5.53. The van der Waals surface area contributed by atoms with Gasteiger partial charge in [0.25, 0.3) is 5.91 Å². The zero-order chi connectivity index (χ0) is 18.6. The second kappa shape index (κ2) is 7.79. The van der Waals surface area contributed by atoms with Crippen LogP contribution < -0.4 is 5.32 Å². The lowest BCUT2D eigenvalue weighted by atomic mass is 10.1. The number of hydrogen-bond donors (Lipinski definition) is 1. The van der Waals surface area contributed by atoms with E-state index in [0.29, 0.717) is 31.7 Å². The van der Waals surface area contributed by atoms with Crippen LogP contribution in [0.2, 0.25) is 0 Å². The molecule has 2 rings (SSSR count). The fourth-order valence-corrected chi connectivity index (χ4v) is 3.96. The highest BCUT2D eigenvalue weighted by Gasteiger charge is 2.32. The topological polar surface area (TPSA) is 86.8 Å². The molecule has 1 N–H and O–H groups in total. The lowest BCUT2D eigenvalue weighted by molar-refractivity contribution is -0.116. The van der Waals surface area contributed by atoms with Crippen molar-refractivity contribution in [2.24, 2.45) is 0 Å². The van der Waals surface area contributed by atoms with E-state index >= 15 is 0 Å². The predicted molar refractivity (Wildman–Crippen MR) is 95.4 cm³/mol. The SMILES string of the molecule is C=CC(=O)NCc1ccc(C(=O)N2CCN(S(C)(=O)=O)[C@@H](C)C2)cc1. The first-order valence-electron chi connectivity index (χ1n) is 7.97. The second-order valence-electron chi connectivity index (χ2n) is 6.09. The number of nitrogens with one attached hydrogen (secondary N) is 1. The molecule has 1 fully saturated rings. The molecule has 0 saturated carbocycles. The van der Waals surface area contributed by atoms with Crippen LogP contribution in [0.3, 0.4) is 0 Å². The third kappa shape index (κ3) is 4.90. The van der Waals surface area contributed by atoms with Gasteiger partial charge in [-0.25, -0.2) is 8.42 Å². The Hall–Kier alpha value is -2.19. The van der Waals surface area contributed by atoms with Crippen molar-refractivity contribution < 1.29 is 18.0 Å². The molecule has 136 valence electrons. The lowest BCUT2D eigenvalue weighted by Gasteiger charge is -2.38. The second-order valence-corrected chi connectivity index (χ2v) is 8.03. The van der Waals surface area contributed by atoms with Gasteiger partial charge in [0.1, 0.15) is 0 Å². The molecule has 1 aliphatic heterocycles. The Morgan fingerprint density at radius 2 is 1.92 bits per heavy atom. The van der Waals surface area contributed by atoms with Gasteiger partial charge in [-0.3, -0.25) is 9.59 Å². The van der Waals surface area contributed by atoms with Crippen LogP contribution in [0, 0.1) is 0 Å². The molecular weight excluding hydrogens is 342 g/mol.